The van der Waals surface area contributed by atoms with Gasteiger partial charge in [0.1, 0.15) is 0 Å². The topological polar surface area (TPSA) is 58.6 Å². The maximum absolute atomic E-state index is 12.6. The van der Waals surface area contributed by atoms with Crippen LogP contribution in [0.25, 0.3) is 0 Å². The third-order valence-corrected chi connectivity index (χ3v) is 5.17. The Labute approximate surface area is 156 Å². The lowest BCUT2D eigenvalue weighted by Gasteiger charge is -2.44. The SMILES string of the molecule is CN1C(=O)C(CCNc2ccc(Cl)c(Cl)c2)COC12C=CC(=O)C=C2. The summed E-state index contributed by atoms with van der Waals surface area (Å²) in [6, 6.07) is 5.31. The molecule has 1 heterocycles. The third kappa shape index (κ3) is 3.73. The number of amides is 1. The number of allylic oxidation sites excluding steroid dienone is 2. The van der Waals surface area contributed by atoms with Crippen molar-refractivity contribution < 1.29 is 14.3 Å². The fraction of sp³-hybridized carbons (Fsp3) is 0.333. The van der Waals surface area contributed by atoms with E-state index in [2.05, 4.69) is 5.32 Å². The molecule has 0 radical (unpaired) electrons. The molecule has 1 aliphatic carbocycles. The van der Waals surface area contributed by atoms with Gasteiger partial charge in [-0.1, -0.05) is 23.2 Å². The van der Waals surface area contributed by atoms with Gasteiger partial charge in [-0.15, -0.1) is 0 Å². The summed E-state index contributed by atoms with van der Waals surface area (Å²) in [5.41, 5.74) is -0.0985. The van der Waals surface area contributed by atoms with Gasteiger partial charge >= 0.3 is 0 Å². The van der Waals surface area contributed by atoms with E-state index in [0.29, 0.717) is 29.6 Å². The molecule has 1 saturated heterocycles. The molecule has 0 bridgehead atoms. The molecule has 132 valence electrons. The second-order valence-corrected chi connectivity index (χ2v) is 6.88. The average Bonchev–Trinajstić information content (AvgIpc) is 2.60. The predicted octanol–water partition coefficient (Wildman–Crippen LogP) is 3.29. The summed E-state index contributed by atoms with van der Waals surface area (Å²) in [6.07, 6.45) is 6.71. The lowest BCUT2D eigenvalue weighted by molar-refractivity contribution is -0.175. The smallest absolute Gasteiger partial charge is 0.230 e. The number of benzene rings is 1. The van der Waals surface area contributed by atoms with Crippen LogP contribution in [0, 0.1) is 5.92 Å². The van der Waals surface area contributed by atoms with Crippen LogP contribution in [0.4, 0.5) is 5.69 Å². The van der Waals surface area contributed by atoms with Crippen LogP contribution in [0.1, 0.15) is 6.42 Å². The molecule has 1 fully saturated rings. The molecule has 25 heavy (non-hydrogen) atoms. The number of ketones is 1. The van der Waals surface area contributed by atoms with Crippen LogP contribution in [-0.2, 0) is 14.3 Å². The lowest BCUT2D eigenvalue weighted by atomic mass is 9.96. The second kappa shape index (κ2) is 7.20. The zero-order chi connectivity index (χ0) is 18.0. The standard InChI is InChI=1S/C18H18Cl2N2O3/c1-22-17(24)12(11-25-18(22)7-4-14(23)5-8-18)6-9-21-13-2-3-15(19)16(20)10-13/h2-5,7-8,10,12,21H,6,9,11H2,1H3. The van der Waals surface area contributed by atoms with Crippen LogP contribution in [0.2, 0.25) is 10.0 Å². The van der Waals surface area contributed by atoms with Crippen molar-refractivity contribution in [1.29, 1.82) is 0 Å². The van der Waals surface area contributed by atoms with Crippen LogP contribution < -0.4 is 5.32 Å². The predicted molar refractivity (Wildman–Crippen MR) is 97.8 cm³/mol. The van der Waals surface area contributed by atoms with Gasteiger partial charge in [0.05, 0.1) is 22.6 Å². The van der Waals surface area contributed by atoms with E-state index < -0.39 is 5.72 Å². The monoisotopic (exact) mass is 380 g/mol. The van der Waals surface area contributed by atoms with E-state index in [9.17, 15) is 9.59 Å². The number of carbonyl (C=O) groups excluding carboxylic acids is 2. The number of likely N-dealkylation sites (N-methyl/N-ethyl adjacent to an activating group) is 1. The van der Waals surface area contributed by atoms with E-state index in [-0.39, 0.29) is 17.6 Å². The Kier molecular flexibility index (Phi) is 5.18. The average molecular weight is 381 g/mol. The second-order valence-electron chi connectivity index (χ2n) is 6.07. The number of halogens is 2. The number of ether oxygens (including phenoxy) is 1. The Bertz CT molecular complexity index is 745. The van der Waals surface area contributed by atoms with Crippen molar-refractivity contribution in [1.82, 2.24) is 4.90 Å². The summed E-state index contributed by atoms with van der Waals surface area (Å²) in [4.78, 5) is 25.5. The Morgan fingerprint density at radius 1 is 1.24 bits per heavy atom. The highest BCUT2D eigenvalue weighted by Crippen LogP contribution is 2.31. The van der Waals surface area contributed by atoms with E-state index in [4.69, 9.17) is 27.9 Å². The first-order chi connectivity index (χ1) is 11.9. The highest BCUT2D eigenvalue weighted by Gasteiger charge is 2.43. The summed E-state index contributed by atoms with van der Waals surface area (Å²) in [6.45, 7) is 0.901. The number of anilines is 1. The van der Waals surface area contributed by atoms with Crippen molar-refractivity contribution in [2.24, 2.45) is 5.92 Å². The molecule has 2 aliphatic rings. The Morgan fingerprint density at radius 3 is 2.64 bits per heavy atom. The summed E-state index contributed by atoms with van der Waals surface area (Å²) in [5.74, 6) is -0.362. The number of hydrogen-bond donors (Lipinski definition) is 1. The van der Waals surface area contributed by atoms with Crippen molar-refractivity contribution in [3.05, 3.63) is 52.5 Å². The van der Waals surface area contributed by atoms with Crippen molar-refractivity contribution in [2.45, 2.75) is 12.1 Å². The first-order valence-corrected chi connectivity index (χ1v) is 8.70. The van der Waals surface area contributed by atoms with Gasteiger partial charge in [-0.3, -0.25) is 9.59 Å². The van der Waals surface area contributed by atoms with Gasteiger partial charge in [0.2, 0.25) is 5.91 Å². The summed E-state index contributed by atoms with van der Waals surface area (Å²) in [7, 11) is 1.69. The Hall–Kier alpha value is -1.82. The minimum absolute atomic E-state index is 0.00848. The molecular weight excluding hydrogens is 363 g/mol. The number of nitrogens with one attached hydrogen (secondary N) is 1. The van der Waals surface area contributed by atoms with Gasteiger partial charge < -0.3 is 15.0 Å². The van der Waals surface area contributed by atoms with Crippen molar-refractivity contribution in [2.75, 3.05) is 25.5 Å². The highest BCUT2D eigenvalue weighted by atomic mass is 35.5. The minimum atomic E-state index is -0.946. The molecular formula is C18H18Cl2N2O3. The molecule has 3 rings (SSSR count). The van der Waals surface area contributed by atoms with Crippen LogP contribution >= 0.6 is 23.2 Å². The van der Waals surface area contributed by atoms with Crippen LogP contribution in [0.5, 0.6) is 0 Å². The number of hydrogen-bond acceptors (Lipinski definition) is 4. The van der Waals surface area contributed by atoms with E-state index in [1.54, 1.807) is 36.2 Å². The molecule has 0 saturated carbocycles. The van der Waals surface area contributed by atoms with Gasteiger partial charge in [-0.05, 0) is 48.9 Å². The molecule has 5 nitrogen and oxygen atoms in total. The first-order valence-electron chi connectivity index (χ1n) is 7.94. The minimum Gasteiger partial charge on any atom is -0.385 e. The summed E-state index contributed by atoms with van der Waals surface area (Å²) in [5, 5.41) is 4.21. The van der Waals surface area contributed by atoms with Crippen LogP contribution in [-0.4, -0.2) is 42.5 Å². The zero-order valence-electron chi connectivity index (χ0n) is 13.7. The van der Waals surface area contributed by atoms with E-state index in [1.807, 2.05) is 6.07 Å². The third-order valence-electron chi connectivity index (χ3n) is 4.43. The van der Waals surface area contributed by atoms with Gasteiger partial charge in [-0.2, -0.15) is 0 Å². The first kappa shape index (κ1) is 18.0. The molecule has 1 unspecified atom stereocenters. The normalized spacial score (nSPS) is 21.9. The molecule has 1 aliphatic heterocycles. The quantitative estimate of drug-likeness (QED) is 0.870. The summed E-state index contributed by atoms with van der Waals surface area (Å²) < 4.78 is 5.90. The van der Waals surface area contributed by atoms with E-state index in [1.165, 1.54) is 12.2 Å². The van der Waals surface area contributed by atoms with Gasteiger partial charge in [-0.25, -0.2) is 0 Å². The van der Waals surface area contributed by atoms with Gasteiger partial charge in [0, 0.05) is 19.3 Å². The van der Waals surface area contributed by atoms with Gasteiger partial charge in [0.25, 0.3) is 0 Å². The molecule has 1 N–H and O–H groups in total. The molecule has 1 spiro atoms. The lowest BCUT2D eigenvalue weighted by Crippen LogP contribution is -2.57. The van der Waals surface area contributed by atoms with Crippen molar-refractivity contribution >= 4 is 40.6 Å². The number of nitrogens with zero attached hydrogens (tertiary/aromatic N) is 1. The molecule has 1 amide bonds. The Balaban J connectivity index is 1.57. The molecule has 1 aromatic rings. The molecule has 0 aromatic heterocycles. The van der Waals surface area contributed by atoms with E-state index >= 15 is 0 Å². The maximum Gasteiger partial charge on any atom is 0.230 e. The largest absolute Gasteiger partial charge is 0.385 e. The number of carbonyl (C=O) groups is 2. The van der Waals surface area contributed by atoms with Crippen molar-refractivity contribution in [3.63, 3.8) is 0 Å². The molecule has 1 atom stereocenters. The van der Waals surface area contributed by atoms with Crippen molar-refractivity contribution in [3.8, 4) is 0 Å². The molecule has 7 heteroatoms. The Morgan fingerprint density at radius 2 is 1.96 bits per heavy atom. The maximum atomic E-state index is 12.6. The van der Waals surface area contributed by atoms with Crippen LogP contribution in [0.3, 0.4) is 0 Å². The molecule has 1 aromatic carbocycles. The zero-order valence-corrected chi connectivity index (χ0v) is 15.2. The summed E-state index contributed by atoms with van der Waals surface area (Å²) >= 11 is 11.9. The number of rotatable bonds is 4. The van der Waals surface area contributed by atoms with E-state index in [0.717, 1.165) is 5.69 Å². The fourth-order valence-electron chi connectivity index (χ4n) is 2.89. The van der Waals surface area contributed by atoms with Crippen LogP contribution in [0.15, 0.2) is 42.5 Å². The fourth-order valence-corrected chi connectivity index (χ4v) is 3.18. The van der Waals surface area contributed by atoms with Gasteiger partial charge in [0.15, 0.2) is 11.5 Å². The highest BCUT2D eigenvalue weighted by molar-refractivity contribution is 6.42.